The second-order valence-electron chi connectivity index (χ2n) is 15.3. The van der Waals surface area contributed by atoms with Gasteiger partial charge in [-0.3, -0.25) is 0 Å². The van der Waals surface area contributed by atoms with Crippen LogP contribution in [0.2, 0.25) is 0 Å². The minimum absolute atomic E-state index is 0.331. The Bertz CT molecular complexity index is 3130. The molecule has 5 heteroatoms. The second-order valence-corrected chi connectivity index (χ2v) is 15.3. The number of amidine groups is 2. The van der Waals surface area contributed by atoms with Crippen LogP contribution >= 0.6 is 0 Å². The maximum atomic E-state index is 6.62. The Morgan fingerprint density at radius 1 is 0.500 bits per heavy atom. The predicted molar refractivity (Wildman–Crippen MR) is 233 cm³/mol. The SMILES string of the molecule is CN1C(c2cccc3c2oc2ccccc23)=NC(c2ccccc2)=NC1c1ccc(-c2cccc3c2C2(c4ccccc4Oc4ccccc42)c2ccccc2-3)cc1. The van der Waals surface area contributed by atoms with Gasteiger partial charge < -0.3 is 14.1 Å². The van der Waals surface area contributed by atoms with Crippen molar-refractivity contribution in [3.63, 3.8) is 0 Å². The number of ether oxygens (including phenoxy) is 1. The van der Waals surface area contributed by atoms with Crippen LogP contribution in [0, 0.1) is 0 Å². The van der Waals surface area contributed by atoms with Crippen molar-refractivity contribution in [1.29, 1.82) is 0 Å². The fourth-order valence-electron chi connectivity index (χ4n) is 9.71. The second kappa shape index (κ2) is 12.5. The molecular formula is C53H35N3O2. The number of benzene rings is 8. The zero-order valence-corrected chi connectivity index (χ0v) is 31.6. The van der Waals surface area contributed by atoms with Gasteiger partial charge in [0, 0.05) is 34.5 Å². The largest absolute Gasteiger partial charge is 0.457 e. The summed E-state index contributed by atoms with van der Waals surface area (Å²) >= 11 is 0. The molecule has 3 heterocycles. The standard InChI is InChI=1S/C53H35N3O2/c1-56-51(54-50(34-15-3-2-4-16-34)55-52(56)41-22-14-21-40-38-18-6-10-26-45(38)58-49(40)41)35-31-29-33(30-32-35)36-19-13-20-39-37-17-5-7-23-42(37)53(48(36)39)43-24-8-11-27-46(43)57-47-28-12-9-25-44(47)53/h2-32,51H,1H3. The molecule has 1 unspecified atom stereocenters. The van der Waals surface area contributed by atoms with E-state index >= 15 is 0 Å². The van der Waals surface area contributed by atoms with E-state index in [4.69, 9.17) is 19.1 Å². The normalized spacial score (nSPS) is 15.9. The van der Waals surface area contributed by atoms with E-state index in [0.717, 1.165) is 72.7 Å². The Morgan fingerprint density at radius 2 is 1.10 bits per heavy atom. The lowest BCUT2D eigenvalue weighted by atomic mass is 9.64. The molecule has 58 heavy (non-hydrogen) atoms. The molecule has 0 radical (unpaired) electrons. The van der Waals surface area contributed by atoms with Crippen molar-refractivity contribution in [3.8, 4) is 33.8 Å². The van der Waals surface area contributed by atoms with Gasteiger partial charge in [-0.2, -0.15) is 0 Å². The summed E-state index contributed by atoms with van der Waals surface area (Å²) < 4.78 is 13.1. The van der Waals surface area contributed by atoms with Gasteiger partial charge >= 0.3 is 0 Å². The van der Waals surface area contributed by atoms with E-state index in [-0.39, 0.29) is 6.17 Å². The Morgan fingerprint density at radius 3 is 1.90 bits per heavy atom. The van der Waals surface area contributed by atoms with Crippen LogP contribution in [0.5, 0.6) is 11.5 Å². The molecule has 0 saturated carbocycles. The molecule has 1 atom stereocenters. The van der Waals surface area contributed by atoms with Crippen molar-refractivity contribution in [2.24, 2.45) is 9.98 Å². The number of rotatable bonds is 4. The Hall–Kier alpha value is -7.50. The molecule has 274 valence electrons. The first-order valence-corrected chi connectivity index (χ1v) is 19.7. The number of furan rings is 1. The van der Waals surface area contributed by atoms with Crippen LogP contribution in [0.25, 0.3) is 44.2 Å². The zero-order valence-electron chi connectivity index (χ0n) is 31.6. The number of aliphatic imine (C=N–C) groups is 2. The fraction of sp³-hybridized carbons (Fsp3) is 0.0566. The highest BCUT2D eigenvalue weighted by Crippen LogP contribution is 2.63. The average Bonchev–Trinajstić information content (AvgIpc) is 3.82. The van der Waals surface area contributed by atoms with E-state index in [1.54, 1.807) is 0 Å². The topological polar surface area (TPSA) is 50.3 Å². The molecule has 3 aliphatic rings. The highest BCUT2D eigenvalue weighted by Gasteiger charge is 2.52. The highest BCUT2D eigenvalue weighted by molar-refractivity contribution is 6.19. The van der Waals surface area contributed by atoms with Crippen molar-refractivity contribution in [1.82, 2.24) is 4.90 Å². The van der Waals surface area contributed by atoms with Gasteiger partial charge in [-0.25, -0.2) is 9.98 Å². The molecule has 0 bridgehead atoms. The van der Waals surface area contributed by atoms with Crippen molar-refractivity contribution in [3.05, 3.63) is 227 Å². The summed E-state index contributed by atoms with van der Waals surface area (Å²) in [6.45, 7) is 0. The van der Waals surface area contributed by atoms with Crippen molar-refractivity contribution in [2.45, 2.75) is 11.6 Å². The molecule has 2 aliphatic heterocycles. The summed E-state index contributed by atoms with van der Waals surface area (Å²) in [4.78, 5) is 12.7. The molecule has 9 aromatic rings. The van der Waals surface area contributed by atoms with Crippen LogP contribution in [0.3, 0.4) is 0 Å². The molecule has 12 rings (SSSR count). The van der Waals surface area contributed by atoms with Crippen molar-refractivity contribution >= 4 is 33.6 Å². The Balaban J connectivity index is 1.01. The van der Waals surface area contributed by atoms with Gasteiger partial charge in [0.1, 0.15) is 34.7 Å². The van der Waals surface area contributed by atoms with Crippen molar-refractivity contribution in [2.75, 3.05) is 7.05 Å². The number of fused-ring (bicyclic) bond motifs is 12. The zero-order chi connectivity index (χ0) is 38.4. The van der Waals surface area contributed by atoms with Crippen molar-refractivity contribution < 1.29 is 9.15 Å². The van der Waals surface area contributed by atoms with Crippen LogP contribution in [-0.4, -0.2) is 23.6 Å². The van der Waals surface area contributed by atoms with Crippen LogP contribution < -0.4 is 4.74 Å². The summed E-state index contributed by atoms with van der Waals surface area (Å²) in [6.07, 6.45) is -0.331. The van der Waals surface area contributed by atoms with Gasteiger partial charge in [-0.05, 0) is 63.2 Å². The maximum absolute atomic E-state index is 6.62. The summed E-state index contributed by atoms with van der Waals surface area (Å²) in [5.74, 6) is 3.27. The molecule has 0 amide bonds. The van der Waals surface area contributed by atoms with Gasteiger partial charge in [0.15, 0.2) is 5.84 Å². The van der Waals surface area contributed by atoms with E-state index in [1.165, 1.54) is 27.8 Å². The summed E-state index contributed by atoms with van der Waals surface area (Å²) in [5, 5.41) is 2.16. The Labute approximate surface area is 335 Å². The van der Waals surface area contributed by atoms with Gasteiger partial charge in [0.05, 0.1) is 11.0 Å². The number of hydrogen-bond acceptors (Lipinski definition) is 5. The first-order chi connectivity index (χ1) is 28.7. The Kier molecular flexibility index (Phi) is 7.05. The molecule has 0 N–H and O–H groups in total. The third kappa shape index (κ3) is 4.58. The molecular weight excluding hydrogens is 711 g/mol. The number of hydrogen-bond donors (Lipinski definition) is 0. The van der Waals surface area contributed by atoms with Gasteiger partial charge in [0.2, 0.25) is 0 Å². The fourth-order valence-corrected chi connectivity index (χ4v) is 9.71. The highest BCUT2D eigenvalue weighted by atomic mass is 16.5. The molecule has 1 spiro atoms. The van der Waals surface area contributed by atoms with E-state index in [2.05, 4.69) is 170 Å². The van der Waals surface area contributed by atoms with Gasteiger partial charge in [-0.1, -0.05) is 164 Å². The summed E-state index contributed by atoms with van der Waals surface area (Å²) in [5.41, 5.74) is 13.8. The van der Waals surface area contributed by atoms with Crippen LogP contribution in [-0.2, 0) is 5.41 Å². The maximum Gasteiger partial charge on any atom is 0.159 e. The molecule has 5 nitrogen and oxygen atoms in total. The smallest absolute Gasteiger partial charge is 0.159 e. The van der Waals surface area contributed by atoms with Gasteiger partial charge in [0.25, 0.3) is 0 Å². The molecule has 0 saturated heterocycles. The minimum Gasteiger partial charge on any atom is -0.457 e. The molecule has 0 fully saturated rings. The third-order valence-corrected chi connectivity index (χ3v) is 12.2. The summed E-state index contributed by atoms with van der Waals surface area (Å²) in [7, 11) is 2.08. The number of nitrogens with zero attached hydrogens (tertiary/aromatic N) is 3. The van der Waals surface area contributed by atoms with E-state index < -0.39 is 5.41 Å². The van der Waals surface area contributed by atoms with E-state index in [0.29, 0.717) is 5.84 Å². The van der Waals surface area contributed by atoms with Gasteiger partial charge in [-0.15, -0.1) is 0 Å². The van der Waals surface area contributed by atoms with Crippen LogP contribution in [0.15, 0.2) is 202 Å². The monoisotopic (exact) mass is 745 g/mol. The lowest BCUT2D eigenvalue weighted by molar-refractivity contribution is 0.383. The van der Waals surface area contributed by atoms with E-state index in [1.807, 2.05) is 30.3 Å². The third-order valence-electron chi connectivity index (χ3n) is 12.2. The average molecular weight is 746 g/mol. The lowest BCUT2D eigenvalue weighted by Crippen LogP contribution is -2.35. The quantitative estimate of drug-likeness (QED) is 0.180. The van der Waals surface area contributed by atoms with Crippen LogP contribution in [0.4, 0.5) is 0 Å². The number of para-hydroxylation sites is 4. The van der Waals surface area contributed by atoms with E-state index in [9.17, 15) is 0 Å². The molecule has 1 aromatic heterocycles. The van der Waals surface area contributed by atoms with Crippen LogP contribution in [0.1, 0.15) is 45.1 Å². The minimum atomic E-state index is -0.561. The molecule has 1 aliphatic carbocycles. The summed E-state index contributed by atoms with van der Waals surface area (Å²) in [6, 6.07) is 66.4. The molecule has 8 aromatic carbocycles. The first kappa shape index (κ1) is 32.7. The lowest BCUT2D eigenvalue weighted by Gasteiger charge is -2.40. The first-order valence-electron chi connectivity index (χ1n) is 19.7. The predicted octanol–water partition coefficient (Wildman–Crippen LogP) is 12.6.